The van der Waals surface area contributed by atoms with Gasteiger partial charge in [0.15, 0.2) is 0 Å². The first-order chi connectivity index (χ1) is 7.65. The summed E-state index contributed by atoms with van der Waals surface area (Å²) in [5.41, 5.74) is 7.49. The van der Waals surface area contributed by atoms with Crippen molar-refractivity contribution >= 4 is 5.82 Å². The Kier molecular flexibility index (Phi) is 2.52. The van der Waals surface area contributed by atoms with Crippen molar-refractivity contribution in [3.63, 3.8) is 0 Å². The minimum Gasteiger partial charge on any atom is -0.496 e. The standard InChI is InChI=1S/C11H12FN3O/c1-6-8(12)3-4-9(16-2)10(6)7-5-14-15-11(7)13/h3-5H,1-2H3,(H3,13,14,15). The number of nitrogens with one attached hydrogen (secondary N) is 1. The molecule has 1 heterocycles. The number of H-pyrrole nitrogens is 1. The van der Waals surface area contributed by atoms with Crippen molar-refractivity contribution in [2.75, 3.05) is 12.8 Å². The lowest BCUT2D eigenvalue weighted by Crippen LogP contribution is -1.96. The Morgan fingerprint density at radius 3 is 2.75 bits per heavy atom. The zero-order valence-electron chi connectivity index (χ0n) is 9.04. The van der Waals surface area contributed by atoms with Crippen LogP contribution in [0.2, 0.25) is 0 Å². The number of hydrogen-bond donors (Lipinski definition) is 2. The monoisotopic (exact) mass is 221 g/mol. The Balaban J connectivity index is 2.72. The van der Waals surface area contributed by atoms with Gasteiger partial charge in [0.25, 0.3) is 0 Å². The molecule has 4 nitrogen and oxygen atoms in total. The van der Waals surface area contributed by atoms with E-state index in [9.17, 15) is 4.39 Å². The highest BCUT2D eigenvalue weighted by Gasteiger charge is 2.16. The molecule has 84 valence electrons. The van der Waals surface area contributed by atoms with Gasteiger partial charge in [0, 0.05) is 11.1 Å². The van der Waals surface area contributed by atoms with E-state index in [0.717, 1.165) is 0 Å². The second-order valence-corrected chi connectivity index (χ2v) is 3.45. The van der Waals surface area contributed by atoms with Crippen LogP contribution in [0.1, 0.15) is 5.56 Å². The van der Waals surface area contributed by atoms with E-state index in [0.29, 0.717) is 28.3 Å². The third-order valence-corrected chi connectivity index (χ3v) is 2.52. The molecule has 0 aliphatic carbocycles. The number of methoxy groups -OCH3 is 1. The summed E-state index contributed by atoms with van der Waals surface area (Å²) in [5.74, 6) is 0.676. The second-order valence-electron chi connectivity index (χ2n) is 3.45. The second kappa shape index (κ2) is 3.84. The highest BCUT2D eigenvalue weighted by molar-refractivity contribution is 5.80. The number of ether oxygens (including phenoxy) is 1. The van der Waals surface area contributed by atoms with Crippen LogP contribution in [0.4, 0.5) is 10.2 Å². The van der Waals surface area contributed by atoms with E-state index in [4.69, 9.17) is 10.5 Å². The molecule has 3 N–H and O–H groups in total. The molecular formula is C11H12FN3O. The first kappa shape index (κ1) is 10.5. The van der Waals surface area contributed by atoms with Gasteiger partial charge in [-0.15, -0.1) is 0 Å². The molecule has 16 heavy (non-hydrogen) atoms. The molecule has 0 fully saturated rings. The zero-order valence-corrected chi connectivity index (χ0v) is 9.04. The normalized spacial score (nSPS) is 10.4. The van der Waals surface area contributed by atoms with Crippen LogP contribution >= 0.6 is 0 Å². The molecule has 0 radical (unpaired) electrons. The van der Waals surface area contributed by atoms with E-state index in [1.165, 1.54) is 13.2 Å². The quantitative estimate of drug-likeness (QED) is 0.816. The van der Waals surface area contributed by atoms with E-state index in [1.54, 1.807) is 19.2 Å². The van der Waals surface area contributed by atoms with Crippen molar-refractivity contribution in [1.82, 2.24) is 10.2 Å². The van der Waals surface area contributed by atoms with Crippen LogP contribution in [-0.2, 0) is 0 Å². The van der Waals surface area contributed by atoms with E-state index in [2.05, 4.69) is 10.2 Å². The molecule has 1 aromatic carbocycles. The lowest BCUT2D eigenvalue weighted by molar-refractivity contribution is 0.415. The van der Waals surface area contributed by atoms with Crippen LogP contribution in [0, 0.1) is 12.7 Å². The summed E-state index contributed by atoms with van der Waals surface area (Å²) in [5, 5.41) is 6.43. The molecule has 5 heteroatoms. The van der Waals surface area contributed by atoms with Gasteiger partial charge in [-0.3, -0.25) is 5.10 Å². The number of rotatable bonds is 2. The molecule has 0 saturated carbocycles. The summed E-state index contributed by atoms with van der Waals surface area (Å²) in [6.45, 7) is 1.68. The van der Waals surface area contributed by atoms with Crippen LogP contribution in [0.15, 0.2) is 18.3 Å². The summed E-state index contributed by atoms with van der Waals surface area (Å²) in [4.78, 5) is 0. The summed E-state index contributed by atoms with van der Waals surface area (Å²) >= 11 is 0. The van der Waals surface area contributed by atoms with Gasteiger partial charge in [-0.1, -0.05) is 0 Å². The maximum Gasteiger partial charge on any atom is 0.127 e. The Labute approximate surface area is 92.2 Å². The fraction of sp³-hybridized carbons (Fsp3) is 0.182. The van der Waals surface area contributed by atoms with Gasteiger partial charge in [0.1, 0.15) is 17.4 Å². The van der Waals surface area contributed by atoms with Crippen molar-refractivity contribution in [1.29, 1.82) is 0 Å². The van der Waals surface area contributed by atoms with Gasteiger partial charge in [-0.2, -0.15) is 5.10 Å². The topological polar surface area (TPSA) is 63.9 Å². The molecule has 0 atom stereocenters. The van der Waals surface area contributed by atoms with Crippen molar-refractivity contribution in [2.45, 2.75) is 6.92 Å². The molecule has 0 aliphatic rings. The number of nitrogens with zero attached hydrogens (tertiary/aromatic N) is 1. The zero-order chi connectivity index (χ0) is 11.7. The molecule has 2 aromatic rings. The van der Waals surface area contributed by atoms with Gasteiger partial charge in [0.2, 0.25) is 0 Å². The average Bonchev–Trinajstić information content (AvgIpc) is 2.68. The van der Waals surface area contributed by atoms with E-state index in [-0.39, 0.29) is 5.82 Å². The molecule has 0 amide bonds. The third kappa shape index (κ3) is 1.50. The van der Waals surface area contributed by atoms with Gasteiger partial charge >= 0.3 is 0 Å². The van der Waals surface area contributed by atoms with Gasteiger partial charge in [-0.05, 0) is 24.6 Å². The Morgan fingerprint density at radius 1 is 1.44 bits per heavy atom. The van der Waals surface area contributed by atoms with E-state index in [1.807, 2.05) is 0 Å². The van der Waals surface area contributed by atoms with Gasteiger partial charge in [0.05, 0.1) is 13.3 Å². The van der Waals surface area contributed by atoms with Crippen molar-refractivity contribution in [3.05, 3.63) is 29.7 Å². The number of nitrogens with two attached hydrogens (primary N) is 1. The summed E-state index contributed by atoms with van der Waals surface area (Å²) < 4.78 is 18.7. The van der Waals surface area contributed by atoms with Crippen LogP contribution in [0.3, 0.4) is 0 Å². The number of hydrogen-bond acceptors (Lipinski definition) is 3. The Bertz CT molecular complexity index is 522. The number of benzene rings is 1. The Morgan fingerprint density at radius 2 is 2.19 bits per heavy atom. The van der Waals surface area contributed by atoms with Crippen LogP contribution in [-0.4, -0.2) is 17.3 Å². The summed E-state index contributed by atoms with van der Waals surface area (Å²) in [7, 11) is 1.53. The molecule has 2 rings (SSSR count). The first-order valence-corrected chi connectivity index (χ1v) is 4.77. The Hall–Kier alpha value is -2.04. The van der Waals surface area contributed by atoms with Crippen molar-refractivity contribution in [3.8, 4) is 16.9 Å². The lowest BCUT2D eigenvalue weighted by Gasteiger charge is -2.11. The van der Waals surface area contributed by atoms with E-state index >= 15 is 0 Å². The summed E-state index contributed by atoms with van der Waals surface area (Å²) in [6.07, 6.45) is 1.56. The minimum absolute atomic E-state index is 0.295. The molecular weight excluding hydrogens is 209 g/mol. The third-order valence-electron chi connectivity index (χ3n) is 2.52. The molecule has 0 unspecified atom stereocenters. The number of aromatic nitrogens is 2. The SMILES string of the molecule is COc1ccc(F)c(C)c1-c1cn[nH]c1N. The fourth-order valence-electron chi connectivity index (χ4n) is 1.66. The van der Waals surface area contributed by atoms with Crippen molar-refractivity contribution < 1.29 is 9.13 Å². The smallest absolute Gasteiger partial charge is 0.127 e. The van der Waals surface area contributed by atoms with Crippen molar-refractivity contribution in [2.24, 2.45) is 0 Å². The van der Waals surface area contributed by atoms with Gasteiger partial charge < -0.3 is 10.5 Å². The van der Waals surface area contributed by atoms with E-state index < -0.39 is 0 Å². The highest BCUT2D eigenvalue weighted by atomic mass is 19.1. The highest BCUT2D eigenvalue weighted by Crippen LogP contribution is 2.36. The predicted molar refractivity (Wildman–Crippen MR) is 59.7 cm³/mol. The van der Waals surface area contributed by atoms with Crippen LogP contribution in [0.5, 0.6) is 5.75 Å². The maximum absolute atomic E-state index is 13.5. The molecule has 0 bridgehead atoms. The predicted octanol–water partition coefficient (Wildman–Crippen LogP) is 2.12. The van der Waals surface area contributed by atoms with Crippen LogP contribution in [0.25, 0.3) is 11.1 Å². The number of nitrogen functional groups attached to an aromatic ring is 1. The van der Waals surface area contributed by atoms with Gasteiger partial charge in [-0.25, -0.2) is 4.39 Å². The average molecular weight is 221 g/mol. The molecule has 0 saturated heterocycles. The summed E-state index contributed by atoms with van der Waals surface area (Å²) in [6, 6.07) is 2.94. The lowest BCUT2D eigenvalue weighted by atomic mass is 10.0. The largest absolute Gasteiger partial charge is 0.496 e. The fourth-order valence-corrected chi connectivity index (χ4v) is 1.66. The number of halogens is 1. The molecule has 0 spiro atoms. The first-order valence-electron chi connectivity index (χ1n) is 4.77. The minimum atomic E-state index is -0.295. The number of aromatic amines is 1. The maximum atomic E-state index is 13.5. The van der Waals surface area contributed by atoms with Crippen LogP contribution < -0.4 is 10.5 Å². The molecule has 1 aromatic heterocycles. The molecule has 0 aliphatic heterocycles. The number of anilines is 1.